The largest absolute Gasteiger partial charge is 0.322 e. The molecule has 2 aromatic rings. The molecule has 2 nitrogen and oxygen atoms in total. The zero-order valence-electron chi connectivity index (χ0n) is 13.2. The van der Waals surface area contributed by atoms with Crippen LogP contribution in [0.1, 0.15) is 53.2 Å². The summed E-state index contributed by atoms with van der Waals surface area (Å²) >= 11 is 0. The van der Waals surface area contributed by atoms with Gasteiger partial charge in [-0.15, -0.1) is 0 Å². The summed E-state index contributed by atoms with van der Waals surface area (Å²) < 4.78 is 0. The molecule has 0 saturated heterocycles. The summed E-state index contributed by atoms with van der Waals surface area (Å²) in [6.07, 6.45) is 1.05. The molecule has 1 amide bonds. The van der Waals surface area contributed by atoms with Crippen LogP contribution < -0.4 is 5.32 Å². The van der Waals surface area contributed by atoms with Crippen LogP contribution in [-0.2, 0) is 0 Å². The summed E-state index contributed by atoms with van der Waals surface area (Å²) in [5.74, 6) is 0.387. The summed E-state index contributed by atoms with van der Waals surface area (Å²) in [6.45, 7) is 8.36. The molecule has 2 heteroatoms. The Balaban J connectivity index is 2.27. The van der Waals surface area contributed by atoms with E-state index >= 15 is 0 Å². The fraction of sp³-hybridized carbons (Fsp3) is 0.316. The van der Waals surface area contributed by atoms with Gasteiger partial charge in [-0.25, -0.2) is 0 Å². The van der Waals surface area contributed by atoms with E-state index in [2.05, 4.69) is 31.3 Å². The van der Waals surface area contributed by atoms with E-state index in [1.807, 2.05) is 44.2 Å². The first-order valence-electron chi connectivity index (χ1n) is 7.49. The fourth-order valence-corrected chi connectivity index (χ4v) is 2.56. The van der Waals surface area contributed by atoms with E-state index in [0.717, 1.165) is 23.2 Å². The number of benzene rings is 2. The Morgan fingerprint density at radius 2 is 1.71 bits per heavy atom. The minimum atomic E-state index is -0.0439. The van der Waals surface area contributed by atoms with Crippen LogP contribution in [0.3, 0.4) is 0 Å². The molecule has 0 fully saturated rings. The first-order chi connectivity index (χ1) is 10.0. The monoisotopic (exact) mass is 281 g/mol. The Hall–Kier alpha value is -2.09. The molecule has 0 bridgehead atoms. The second kappa shape index (κ2) is 6.57. The molecule has 0 spiro atoms. The Morgan fingerprint density at radius 1 is 1.10 bits per heavy atom. The molecule has 0 aliphatic heterocycles. The highest BCUT2D eigenvalue weighted by molar-refractivity contribution is 6.04. The van der Waals surface area contributed by atoms with E-state index < -0.39 is 0 Å². The lowest BCUT2D eigenvalue weighted by Crippen LogP contribution is -2.14. The average Bonchev–Trinajstić information content (AvgIpc) is 2.46. The van der Waals surface area contributed by atoms with Crippen LogP contribution in [0.4, 0.5) is 5.69 Å². The normalized spacial score (nSPS) is 12.0. The molecular formula is C19H23NO. The molecular weight excluding hydrogens is 258 g/mol. The number of carbonyl (C=O) groups excluding carboxylic acids is 1. The predicted octanol–water partition coefficient (Wildman–Crippen LogP) is 5.07. The van der Waals surface area contributed by atoms with Crippen LogP contribution in [-0.4, -0.2) is 5.91 Å². The number of hydrogen-bond donors (Lipinski definition) is 1. The molecule has 2 aromatic carbocycles. The number of hydrogen-bond acceptors (Lipinski definition) is 1. The van der Waals surface area contributed by atoms with Gasteiger partial charge in [0.25, 0.3) is 5.91 Å². The van der Waals surface area contributed by atoms with Gasteiger partial charge in [0.15, 0.2) is 0 Å². The van der Waals surface area contributed by atoms with Gasteiger partial charge in [0.2, 0.25) is 0 Å². The number of anilines is 1. The molecule has 21 heavy (non-hydrogen) atoms. The number of carbonyl (C=O) groups is 1. The maximum Gasteiger partial charge on any atom is 0.255 e. The molecule has 110 valence electrons. The van der Waals surface area contributed by atoms with Crippen LogP contribution in [0.25, 0.3) is 0 Å². The highest BCUT2D eigenvalue weighted by Crippen LogP contribution is 2.27. The van der Waals surface area contributed by atoms with Gasteiger partial charge < -0.3 is 5.32 Å². The summed E-state index contributed by atoms with van der Waals surface area (Å²) in [4.78, 5) is 12.5. The quantitative estimate of drug-likeness (QED) is 0.833. The molecule has 0 aliphatic rings. The maximum atomic E-state index is 12.5. The number of rotatable bonds is 4. The Morgan fingerprint density at radius 3 is 2.33 bits per heavy atom. The zero-order valence-corrected chi connectivity index (χ0v) is 13.2. The molecule has 0 radical (unpaired) electrons. The molecule has 0 aliphatic carbocycles. The lowest BCUT2D eigenvalue weighted by atomic mass is 9.96. The molecule has 0 saturated carbocycles. The molecule has 1 N–H and O–H groups in total. The third-order valence-electron chi connectivity index (χ3n) is 3.84. The smallest absolute Gasteiger partial charge is 0.255 e. The second-order valence-electron chi connectivity index (χ2n) is 5.73. The van der Waals surface area contributed by atoms with Gasteiger partial charge in [-0.1, -0.05) is 49.2 Å². The minimum Gasteiger partial charge on any atom is -0.322 e. The Kier molecular flexibility index (Phi) is 4.79. The van der Waals surface area contributed by atoms with Crippen molar-refractivity contribution in [3.63, 3.8) is 0 Å². The van der Waals surface area contributed by atoms with Gasteiger partial charge in [-0.05, 0) is 49.9 Å². The summed E-state index contributed by atoms with van der Waals surface area (Å²) in [5.41, 5.74) is 5.03. The van der Waals surface area contributed by atoms with Crippen molar-refractivity contribution in [3.8, 4) is 0 Å². The summed E-state index contributed by atoms with van der Waals surface area (Å²) in [5, 5.41) is 3.06. The van der Waals surface area contributed by atoms with Gasteiger partial charge in [-0.2, -0.15) is 0 Å². The zero-order chi connectivity index (χ0) is 15.4. The fourth-order valence-electron chi connectivity index (χ4n) is 2.56. The Bertz CT molecular complexity index is 626. The molecule has 1 atom stereocenters. The molecule has 0 aromatic heterocycles. The third-order valence-corrected chi connectivity index (χ3v) is 3.84. The van der Waals surface area contributed by atoms with E-state index in [1.54, 1.807) is 0 Å². The van der Waals surface area contributed by atoms with Crippen molar-refractivity contribution in [1.82, 2.24) is 0 Å². The Labute approximate surface area is 127 Å². The van der Waals surface area contributed by atoms with Gasteiger partial charge in [0, 0.05) is 11.3 Å². The van der Waals surface area contributed by atoms with Crippen molar-refractivity contribution < 1.29 is 4.79 Å². The van der Waals surface area contributed by atoms with Crippen molar-refractivity contribution in [1.29, 1.82) is 0 Å². The van der Waals surface area contributed by atoms with Crippen molar-refractivity contribution >= 4 is 11.6 Å². The number of amides is 1. The molecule has 2 rings (SSSR count). The minimum absolute atomic E-state index is 0.0439. The van der Waals surface area contributed by atoms with E-state index in [4.69, 9.17) is 0 Å². The second-order valence-corrected chi connectivity index (χ2v) is 5.73. The van der Waals surface area contributed by atoms with E-state index in [-0.39, 0.29) is 5.91 Å². The van der Waals surface area contributed by atoms with Gasteiger partial charge in [-0.3, -0.25) is 4.79 Å². The highest BCUT2D eigenvalue weighted by atomic mass is 16.1. The van der Waals surface area contributed by atoms with Crippen LogP contribution in [0.5, 0.6) is 0 Å². The number of aryl methyl sites for hydroxylation is 2. The van der Waals surface area contributed by atoms with E-state index in [1.165, 1.54) is 5.56 Å². The van der Waals surface area contributed by atoms with E-state index in [0.29, 0.717) is 11.5 Å². The highest BCUT2D eigenvalue weighted by Gasteiger charge is 2.12. The van der Waals surface area contributed by atoms with Crippen molar-refractivity contribution in [2.45, 2.75) is 40.0 Å². The van der Waals surface area contributed by atoms with Crippen LogP contribution in [0.15, 0.2) is 42.5 Å². The molecule has 0 heterocycles. The van der Waals surface area contributed by atoms with Crippen LogP contribution in [0, 0.1) is 13.8 Å². The van der Waals surface area contributed by atoms with Gasteiger partial charge >= 0.3 is 0 Å². The molecule has 0 unspecified atom stereocenters. The van der Waals surface area contributed by atoms with Crippen molar-refractivity contribution in [2.24, 2.45) is 0 Å². The van der Waals surface area contributed by atoms with Crippen molar-refractivity contribution in [3.05, 3.63) is 64.7 Å². The lowest BCUT2D eigenvalue weighted by Gasteiger charge is -2.16. The van der Waals surface area contributed by atoms with Crippen LogP contribution >= 0.6 is 0 Å². The maximum absolute atomic E-state index is 12.5. The SMILES string of the molecule is CC[C@H](C)c1ccccc1NC(=O)c1cc(C)cc(C)c1. The first kappa shape index (κ1) is 15.3. The summed E-state index contributed by atoms with van der Waals surface area (Å²) in [7, 11) is 0. The lowest BCUT2D eigenvalue weighted by molar-refractivity contribution is 0.102. The third kappa shape index (κ3) is 3.72. The topological polar surface area (TPSA) is 29.1 Å². The average molecular weight is 281 g/mol. The van der Waals surface area contributed by atoms with Gasteiger partial charge in [0.1, 0.15) is 0 Å². The van der Waals surface area contributed by atoms with Crippen molar-refractivity contribution in [2.75, 3.05) is 5.32 Å². The number of para-hydroxylation sites is 1. The van der Waals surface area contributed by atoms with E-state index in [9.17, 15) is 4.79 Å². The first-order valence-corrected chi connectivity index (χ1v) is 7.49. The van der Waals surface area contributed by atoms with Gasteiger partial charge in [0.05, 0.1) is 0 Å². The standard InChI is InChI=1S/C19H23NO/c1-5-15(4)17-8-6-7-9-18(17)20-19(21)16-11-13(2)10-14(3)12-16/h6-12,15H,5H2,1-4H3,(H,20,21)/t15-/m0/s1. The van der Waals surface area contributed by atoms with Crippen LogP contribution in [0.2, 0.25) is 0 Å². The number of nitrogens with one attached hydrogen (secondary N) is 1. The summed E-state index contributed by atoms with van der Waals surface area (Å²) in [6, 6.07) is 14.0. The predicted molar refractivity (Wildman–Crippen MR) is 89.0 cm³/mol.